The van der Waals surface area contributed by atoms with Crippen molar-refractivity contribution in [2.75, 3.05) is 20.1 Å². The molecule has 18 heavy (non-hydrogen) atoms. The molecule has 0 bridgehead atoms. The lowest BCUT2D eigenvalue weighted by atomic mass is 9.83. The SMILES string of the molecule is Cc1cc(C2CN(C)CCC2=O)c(C)c(C)c1C. The number of hydrogen-bond donors (Lipinski definition) is 0. The molecule has 1 aromatic rings. The molecule has 2 nitrogen and oxygen atoms in total. The summed E-state index contributed by atoms with van der Waals surface area (Å²) in [6.07, 6.45) is 0.687. The molecule has 2 rings (SSSR count). The molecule has 1 unspecified atom stereocenters. The third-order valence-electron chi connectivity index (χ3n) is 4.52. The molecular weight excluding hydrogens is 222 g/mol. The van der Waals surface area contributed by atoms with E-state index in [2.05, 4.69) is 45.7 Å². The van der Waals surface area contributed by atoms with Crippen molar-refractivity contribution in [1.29, 1.82) is 0 Å². The Morgan fingerprint density at radius 1 is 1.11 bits per heavy atom. The highest BCUT2D eigenvalue weighted by Gasteiger charge is 2.28. The summed E-state index contributed by atoms with van der Waals surface area (Å²) in [5, 5.41) is 0. The summed E-state index contributed by atoms with van der Waals surface area (Å²) in [5.41, 5.74) is 6.53. The molecule has 1 aliphatic rings. The second-order valence-corrected chi connectivity index (χ2v) is 5.69. The fraction of sp³-hybridized carbons (Fsp3) is 0.562. The zero-order chi connectivity index (χ0) is 13.4. The number of Topliss-reactive ketones (excluding diaryl/α,β-unsaturated/α-hetero) is 1. The quantitative estimate of drug-likeness (QED) is 0.758. The van der Waals surface area contributed by atoms with Gasteiger partial charge in [-0.3, -0.25) is 4.79 Å². The first kappa shape index (κ1) is 13.3. The summed E-state index contributed by atoms with van der Waals surface area (Å²) >= 11 is 0. The largest absolute Gasteiger partial charge is 0.305 e. The van der Waals surface area contributed by atoms with Crippen molar-refractivity contribution in [3.05, 3.63) is 33.9 Å². The molecule has 0 aromatic heterocycles. The van der Waals surface area contributed by atoms with Gasteiger partial charge in [-0.1, -0.05) is 6.07 Å². The lowest BCUT2D eigenvalue weighted by Gasteiger charge is -2.30. The van der Waals surface area contributed by atoms with Gasteiger partial charge in [0.2, 0.25) is 0 Å². The number of likely N-dealkylation sites (tertiary alicyclic amines) is 1. The van der Waals surface area contributed by atoms with E-state index in [1.807, 2.05) is 0 Å². The van der Waals surface area contributed by atoms with E-state index in [-0.39, 0.29) is 5.92 Å². The Balaban J connectivity index is 2.47. The van der Waals surface area contributed by atoms with Gasteiger partial charge in [0, 0.05) is 19.5 Å². The number of benzene rings is 1. The number of ketones is 1. The second-order valence-electron chi connectivity index (χ2n) is 5.69. The number of nitrogens with zero attached hydrogens (tertiary/aromatic N) is 1. The molecule has 0 N–H and O–H groups in total. The number of carbonyl (C=O) groups excluding carboxylic acids is 1. The Kier molecular flexibility index (Phi) is 3.58. The monoisotopic (exact) mass is 245 g/mol. The highest BCUT2D eigenvalue weighted by molar-refractivity contribution is 5.87. The summed E-state index contributed by atoms with van der Waals surface area (Å²) in [5.74, 6) is 0.473. The van der Waals surface area contributed by atoms with Crippen LogP contribution in [0.1, 0.15) is 40.2 Å². The molecule has 98 valence electrons. The van der Waals surface area contributed by atoms with Crippen LogP contribution in [0.5, 0.6) is 0 Å². The van der Waals surface area contributed by atoms with Crippen molar-refractivity contribution < 1.29 is 4.79 Å². The topological polar surface area (TPSA) is 20.3 Å². The predicted molar refractivity (Wildman–Crippen MR) is 75.3 cm³/mol. The van der Waals surface area contributed by atoms with Crippen molar-refractivity contribution >= 4 is 5.78 Å². The molecule has 1 atom stereocenters. The number of carbonyl (C=O) groups is 1. The number of hydrogen-bond acceptors (Lipinski definition) is 2. The average molecular weight is 245 g/mol. The van der Waals surface area contributed by atoms with E-state index in [0.717, 1.165) is 13.1 Å². The molecular formula is C16H23NO. The molecule has 1 saturated heterocycles. The van der Waals surface area contributed by atoms with Crippen LogP contribution in [0.25, 0.3) is 0 Å². The van der Waals surface area contributed by atoms with Crippen LogP contribution in [-0.4, -0.2) is 30.8 Å². The number of piperidine rings is 1. The van der Waals surface area contributed by atoms with E-state index >= 15 is 0 Å². The van der Waals surface area contributed by atoms with Crippen LogP contribution in [-0.2, 0) is 4.79 Å². The highest BCUT2D eigenvalue weighted by atomic mass is 16.1. The molecule has 0 amide bonds. The first-order chi connectivity index (χ1) is 8.41. The van der Waals surface area contributed by atoms with Crippen LogP contribution in [0, 0.1) is 27.7 Å². The van der Waals surface area contributed by atoms with Gasteiger partial charge in [0.25, 0.3) is 0 Å². The van der Waals surface area contributed by atoms with Gasteiger partial charge in [0.15, 0.2) is 0 Å². The minimum atomic E-state index is 0.0711. The average Bonchev–Trinajstić information content (AvgIpc) is 2.34. The summed E-state index contributed by atoms with van der Waals surface area (Å²) in [6.45, 7) is 10.4. The number of rotatable bonds is 1. The molecule has 0 spiro atoms. The van der Waals surface area contributed by atoms with Crippen molar-refractivity contribution in [2.24, 2.45) is 0 Å². The van der Waals surface area contributed by atoms with Crippen molar-refractivity contribution in [3.63, 3.8) is 0 Å². The third kappa shape index (κ3) is 2.22. The van der Waals surface area contributed by atoms with Gasteiger partial charge in [-0.25, -0.2) is 0 Å². The van der Waals surface area contributed by atoms with Gasteiger partial charge in [-0.15, -0.1) is 0 Å². The van der Waals surface area contributed by atoms with Crippen molar-refractivity contribution in [3.8, 4) is 0 Å². The van der Waals surface area contributed by atoms with Gasteiger partial charge in [-0.05, 0) is 62.6 Å². The third-order valence-corrected chi connectivity index (χ3v) is 4.52. The van der Waals surface area contributed by atoms with Gasteiger partial charge in [-0.2, -0.15) is 0 Å². The van der Waals surface area contributed by atoms with Crippen LogP contribution in [0.3, 0.4) is 0 Å². The molecule has 1 fully saturated rings. The smallest absolute Gasteiger partial charge is 0.142 e. The molecule has 0 radical (unpaired) electrons. The summed E-state index contributed by atoms with van der Waals surface area (Å²) < 4.78 is 0. The summed E-state index contributed by atoms with van der Waals surface area (Å²) in [4.78, 5) is 14.4. The Hall–Kier alpha value is -1.15. The number of likely N-dealkylation sites (N-methyl/N-ethyl adjacent to an activating group) is 1. The van der Waals surface area contributed by atoms with Gasteiger partial charge >= 0.3 is 0 Å². The summed E-state index contributed by atoms with van der Waals surface area (Å²) in [7, 11) is 2.10. The maximum Gasteiger partial charge on any atom is 0.142 e. The molecule has 0 aliphatic carbocycles. The van der Waals surface area contributed by atoms with E-state index in [9.17, 15) is 4.79 Å². The van der Waals surface area contributed by atoms with Crippen LogP contribution >= 0.6 is 0 Å². The zero-order valence-electron chi connectivity index (χ0n) is 12.1. The molecule has 2 heteroatoms. The van der Waals surface area contributed by atoms with Gasteiger partial charge in [0.05, 0.1) is 5.92 Å². The Bertz CT molecular complexity index is 490. The lowest BCUT2D eigenvalue weighted by molar-refractivity contribution is -0.123. The van der Waals surface area contributed by atoms with E-state index in [1.165, 1.54) is 27.8 Å². The van der Waals surface area contributed by atoms with E-state index < -0.39 is 0 Å². The van der Waals surface area contributed by atoms with Crippen molar-refractivity contribution in [1.82, 2.24) is 4.90 Å². The molecule has 1 aliphatic heterocycles. The molecule has 1 heterocycles. The fourth-order valence-electron chi connectivity index (χ4n) is 2.86. The fourth-order valence-corrected chi connectivity index (χ4v) is 2.86. The maximum atomic E-state index is 12.2. The first-order valence-corrected chi connectivity index (χ1v) is 6.70. The second kappa shape index (κ2) is 4.85. The maximum absolute atomic E-state index is 12.2. The standard InChI is InChI=1S/C16H23NO/c1-10-8-14(13(4)12(3)11(10)2)15-9-17(5)7-6-16(15)18/h8,15H,6-7,9H2,1-5H3. The minimum Gasteiger partial charge on any atom is -0.305 e. The Labute approximate surface area is 110 Å². The highest BCUT2D eigenvalue weighted by Crippen LogP contribution is 2.30. The lowest BCUT2D eigenvalue weighted by Crippen LogP contribution is -2.37. The molecule has 1 aromatic carbocycles. The minimum absolute atomic E-state index is 0.0711. The zero-order valence-corrected chi connectivity index (χ0v) is 12.1. The van der Waals surface area contributed by atoms with Crippen LogP contribution < -0.4 is 0 Å². The molecule has 0 saturated carbocycles. The number of aryl methyl sites for hydroxylation is 1. The van der Waals surface area contributed by atoms with Crippen molar-refractivity contribution in [2.45, 2.75) is 40.0 Å². The predicted octanol–water partition coefficient (Wildman–Crippen LogP) is 2.91. The van der Waals surface area contributed by atoms with Gasteiger partial charge in [0.1, 0.15) is 5.78 Å². The Morgan fingerprint density at radius 3 is 2.44 bits per heavy atom. The van der Waals surface area contributed by atoms with Crippen LogP contribution in [0.15, 0.2) is 6.07 Å². The first-order valence-electron chi connectivity index (χ1n) is 6.70. The van der Waals surface area contributed by atoms with Crippen LogP contribution in [0.2, 0.25) is 0 Å². The van der Waals surface area contributed by atoms with E-state index in [0.29, 0.717) is 12.2 Å². The van der Waals surface area contributed by atoms with E-state index in [1.54, 1.807) is 0 Å². The normalized spacial score (nSPS) is 21.4. The van der Waals surface area contributed by atoms with Gasteiger partial charge < -0.3 is 4.90 Å². The van der Waals surface area contributed by atoms with E-state index in [4.69, 9.17) is 0 Å². The Morgan fingerprint density at radius 2 is 1.78 bits per heavy atom. The summed E-state index contributed by atoms with van der Waals surface area (Å²) in [6, 6.07) is 2.22. The van der Waals surface area contributed by atoms with Crippen LogP contribution in [0.4, 0.5) is 0 Å².